The number of esters is 1. The number of hydrogen-bond donors (Lipinski definition) is 4. The lowest BCUT2D eigenvalue weighted by Gasteiger charge is -2.39. The smallest absolute Gasteiger partial charge is 0.306 e. The van der Waals surface area contributed by atoms with Crippen molar-refractivity contribution >= 4 is 5.97 Å². The van der Waals surface area contributed by atoms with E-state index in [9.17, 15) is 25.2 Å². The molecule has 1 aliphatic rings. The van der Waals surface area contributed by atoms with Gasteiger partial charge < -0.3 is 39.4 Å². The number of hydrogen-bond acceptors (Lipinski definition) is 9. The van der Waals surface area contributed by atoms with Gasteiger partial charge in [0.15, 0.2) is 6.29 Å². The van der Waals surface area contributed by atoms with Gasteiger partial charge in [-0.3, -0.25) is 4.79 Å². The molecular weight excluding hydrogens is 817 g/mol. The molecule has 1 aliphatic heterocycles. The third kappa shape index (κ3) is 38.2. The second-order valence-corrected chi connectivity index (χ2v) is 19.4. The van der Waals surface area contributed by atoms with Crippen LogP contribution in [0.1, 0.15) is 264 Å². The van der Waals surface area contributed by atoms with Gasteiger partial charge in [-0.2, -0.15) is 0 Å². The van der Waals surface area contributed by atoms with Crippen LogP contribution in [0, 0.1) is 0 Å². The van der Waals surface area contributed by atoms with Gasteiger partial charge in [0.1, 0.15) is 30.5 Å². The molecule has 0 aromatic heterocycles. The zero-order valence-electron chi connectivity index (χ0n) is 42.5. The largest absolute Gasteiger partial charge is 0.457 e. The van der Waals surface area contributed by atoms with E-state index < -0.39 is 43.4 Å². The van der Waals surface area contributed by atoms with Crippen molar-refractivity contribution in [1.29, 1.82) is 0 Å². The fourth-order valence-corrected chi connectivity index (χ4v) is 8.72. The Bertz CT molecular complexity index is 1050. The maximum atomic E-state index is 12.9. The van der Waals surface area contributed by atoms with E-state index in [4.69, 9.17) is 18.9 Å². The van der Waals surface area contributed by atoms with Gasteiger partial charge >= 0.3 is 5.97 Å². The van der Waals surface area contributed by atoms with Crippen LogP contribution in [0.5, 0.6) is 0 Å². The van der Waals surface area contributed by atoms with E-state index in [1.54, 1.807) is 0 Å². The summed E-state index contributed by atoms with van der Waals surface area (Å²) in [6.45, 7) is 4.60. The lowest BCUT2D eigenvalue weighted by atomic mass is 9.99. The Kier molecular flexibility index (Phi) is 45.3. The van der Waals surface area contributed by atoms with E-state index in [1.165, 1.54) is 212 Å². The van der Waals surface area contributed by atoms with Crippen molar-refractivity contribution in [2.24, 2.45) is 0 Å². The van der Waals surface area contributed by atoms with Gasteiger partial charge in [-0.05, 0) is 64.2 Å². The molecule has 9 heteroatoms. The SMILES string of the molecule is CCCCCCCCC/C=C\CCCCCCCCCC(=O)OC(COCCCCCCCCCCCCCC/C=C\CCCCCCCCCC)COC1OC(CO)C(O)C(O)C1O. The molecule has 384 valence electrons. The highest BCUT2D eigenvalue weighted by atomic mass is 16.7. The molecule has 0 aliphatic carbocycles. The molecule has 6 unspecified atom stereocenters. The molecule has 0 radical (unpaired) electrons. The molecule has 4 N–H and O–H groups in total. The zero-order chi connectivity index (χ0) is 47.1. The first kappa shape index (κ1) is 61.7. The van der Waals surface area contributed by atoms with Crippen molar-refractivity contribution in [1.82, 2.24) is 0 Å². The quantitative estimate of drug-likeness (QED) is 0.0267. The van der Waals surface area contributed by atoms with Crippen LogP contribution in [0.25, 0.3) is 0 Å². The van der Waals surface area contributed by atoms with Gasteiger partial charge in [0, 0.05) is 13.0 Å². The van der Waals surface area contributed by atoms with Crippen LogP contribution < -0.4 is 0 Å². The van der Waals surface area contributed by atoms with Crippen LogP contribution in [0.15, 0.2) is 24.3 Å². The number of aliphatic hydroxyl groups is 4. The topological polar surface area (TPSA) is 135 Å². The number of carbonyl (C=O) groups is 1. The number of unbranched alkanes of at least 4 members (excludes halogenated alkanes) is 34. The Balaban J connectivity index is 2.15. The van der Waals surface area contributed by atoms with Gasteiger partial charge in [-0.25, -0.2) is 0 Å². The molecule has 1 rings (SSSR count). The number of aliphatic hydroxyl groups excluding tert-OH is 4. The summed E-state index contributed by atoms with van der Waals surface area (Å²) >= 11 is 0. The normalized spacial score (nSPS) is 19.5. The summed E-state index contributed by atoms with van der Waals surface area (Å²) < 4.78 is 22.9. The van der Waals surface area contributed by atoms with E-state index in [1.807, 2.05) is 0 Å². The second-order valence-electron chi connectivity index (χ2n) is 19.4. The van der Waals surface area contributed by atoms with Crippen LogP contribution in [-0.4, -0.2) is 89.6 Å². The predicted octanol–water partition coefficient (Wildman–Crippen LogP) is 14.1. The fourth-order valence-electron chi connectivity index (χ4n) is 8.72. The number of carbonyl (C=O) groups excluding carboxylic acids is 1. The maximum absolute atomic E-state index is 12.9. The van der Waals surface area contributed by atoms with E-state index >= 15 is 0 Å². The summed E-state index contributed by atoms with van der Waals surface area (Å²) in [6.07, 6.45) is 50.8. The van der Waals surface area contributed by atoms with Gasteiger partial charge in [-0.15, -0.1) is 0 Å². The Morgan fingerprint density at radius 3 is 1.25 bits per heavy atom. The minimum absolute atomic E-state index is 0.112. The first-order valence-electron chi connectivity index (χ1n) is 27.9. The molecule has 0 bridgehead atoms. The highest BCUT2D eigenvalue weighted by Crippen LogP contribution is 2.23. The molecule has 0 aromatic rings. The summed E-state index contributed by atoms with van der Waals surface area (Å²) in [5, 5.41) is 40.3. The maximum Gasteiger partial charge on any atom is 0.306 e. The van der Waals surface area contributed by atoms with Crippen molar-refractivity contribution in [2.45, 2.75) is 301 Å². The van der Waals surface area contributed by atoms with Crippen molar-refractivity contribution in [2.75, 3.05) is 26.4 Å². The zero-order valence-corrected chi connectivity index (χ0v) is 42.5. The van der Waals surface area contributed by atoms with E-state index in [-0.39, 0.29) is 19.2 Å². The van der Waals surface area contributed by atoms with Crippen molar-refractivity contribution in [3.05, 3.63) is 24.3 Å². The molecule has 0 aromatic carbocycles. The Hall–Kier alpha value is -1.33. The average molecular weight is 923 g/mol. The molecule has 1 saturated heterocycles. The van der Waals surface area contributed by atoms with Crippen molar-refractivity contribution in [3.8, 4) is 0 Å². The molecule has 9 nitrogen and oxygen atoms in total. The molecule has 65 heavy (non-hydrogen) atoms. The van der Waals surface area contributed by atoms with Crippen molar-refractivity contribution < 1.29 is 44.2 Å². The summed E-state index contributed by atoms with van der Waals surface area (Å²) in [6, 6.07) is 0. The monoisotopic (exact) mass is 923 g/mol. The van der Waals surface area contributed by atoms with Crippen LogP contribution in [0.3, 0.4) is 0 Å². The molecular formula is C56H106O9. The first-order chi connectivity index (χ1) is 31.9. The minimum Gasteiger partial charge on any atom is -0.457 e. The molecule has 0 amide bonds. The number of allylic oxidation sites excluding steroid dienone is 4. The van der Waals surface area contributed by atoms with E-state index in [0.29, 0.717) is 13.0 Å². The van der Waals surface area contributed by atoms with Gasteiger partial charge in [0.05, 0.1) is 19.8 Å². The van der Waals surface area contributed by atoms with Gasteiger partial charge in [-0.1, -0.05) is 218 Å². The molecule has 1 heterocycles. The second kappa shape index (κ2) is 47.7. The molecule has 1 fully saturated rings. The summed E-state index contributed by atoms with van der Waals surface area (Å²) in [5.41, 5.74) is 0. The Morgan fingerprint density at radius 2 is 0.846 bits per heavy atom. The van der Waals surface area contributed by atoms with Gasteiger partial charge in [0.2, 0.25) is 0 Å². The molecule has 6 atom stereocenters. The summed E-state index contributed by atoms with van der Waals surface area (Å²) in [7, 11) is 0. The Labute approximate surface area is 400 Å². The number of rotatable bonds is 49. The fraction of sp³-hybridized carbons (Fsp3) is 0.911. The molecule has 0 saturated carbocycles. The highest BCUT2D eigenvalue weighted by Gasteiger charge is 2.44. The van der Waals surface area contributed by atoms with Crippen LogP contribution in [-0.2, 0) is 23.7 Å². The number of ether oxygens (including phenoxy) is 4. The third-order valence-electron chi connectivity index (χ3n) is 13.1. The van der Waals surface area contributed by atoms with Crippen LogP contribution in [0.4, 0.5) is 0 Å². The third-order valence-corrected chi connectivity index (χ3v) is 13.1. The Morgan fingerprint density at radius 1 is 0.477 bits per heavy atom. The highest BCUT2D eigenvalue weighted by molar-refractivity contribution is 5.69. The summed E-state index contributed by atoms with van der Waals surface area (Å²) in [4.78, 5) is 12.9. The molecule has 0 spiro atoms. The van der Waals surface area contributed by atoms with E-state index in [0.717, 1.165) is 32.1 Å². The minimum atomic E-state index is -1.54. The lowest BCUT2D eigenvalue weighted by molar-refractivity contribution is -0.305. The van der Waals surface area contributed by atoms with Crippen LogP contribution in [0.2, 0.25) is 0 Å². The van der Waals surface area contributed by atoms with E-state index in [2.05, 4.69) is 38.2 Å². The van der Waals surface area contributed by atoms with Crippen LogP contribution >= 0.6 is 0 Å². The van der Waals surface area contributed by atoms with Crippen molar-refractivity contribution in [3.63, 3.8) is 0 Å². The summed E-state index contributed by atoms with van der Waals surface area (Å²) in [5.74, 6) is -0.313. The predicted molar refractivity (Wildman–Crippen MR) is 270 cm³/mol. The first-order valence-corrected chi connectivity index (χ1v) is 27.9. The van der Waals surface area contributed by atoms with Gasteiger partial charge in [0.25, 0.3) is 0 Å². The standard InChI is InChI=1S/C56H106O9/c1-3-5-7-9-11-13-15-17-19-21-23-24-25-26-27-28-30-32-34-36-38-40-42-44-46-62-48-50(49-63-56-55(61)54(60)53(59)51(47-57)65-56)64-52(58)45-43-41-39-37-35-33-31-29-22-20-18-16-14-12-10-8-6-4-2/h20-23,50-51,53-57,59-61H,3-19,24-49H2,1-2H3/b22-20-,23-21-. The average Bonchev–Trinajstić information content (AvgIpc) is 3.31. The lowest BCUT2D eigenvalue weighted by Crippen LogP contribution is -2.59.